The third-order valence-electron chi connectivity index (χ3n) is 4.87. The molecule has 2 rings (SSSR count). The second-order valence-electron chi connectivity index (χ2n) is 6.14. The minimum absolute atomic E-state index is 0.0635. The molecule has 1 fully saturated rings. The zero-order valence-corrected chi connectivity index (χ0v) is 12.2. The van der Waals surface area contributed by atoms with Crippen LogP contribution in [0.15, 0.2) is 12.1 Å². The van der Waals surface area contributed by atoms with E-state index in [0.717, 1.165) is 37.8 Å². The van der Waals surface area contributed by atoms with Gasteiger partial charge in [0.1, 0.15) is 0 Å². The summed E-state index contributed by atoms with van der Waals surface area (Å²) in [5.74, 6) is -3.62. The first-order chi connectivity index (χ1) is 9.93. The number of aliphatic hydroxyl groups is 1. The number of benzene rings is 1. The van der Waals surface area contributed by atoms with Crippen molar-refractivity contribution in [3.63, 3.8) is 0 Å². The first kappa shape index (κ1) is 16.3. The van der Waals surface area contributed by atoms with E-state index in [1.807, 2.05) is 0 Å². The van der Waals surface area contributed by atoms with Crippen molar-refractivity contribution in [3.05, 3.63) is 35.1 Å². The predicted molar refractivity (Wildman–Crippen MR) is 75.0 cm³/mol. The van der Waals surface area contributed by atoms with Crippen LogP contribution in [0.4, 0.5) is 13.2 Å². The first-order valence-electron chi connectivity index (χ1n) is 7.46. The number of hydrogen-bond donors (Lipinski definition) is 2. The lowest BCUT2D eigenvalue weighted by atomic mass is 9.64. The smallest absolute Gasteiger partial charge is 0.194 e. The minimum atomic E-state index is -1.51. The Balaban J connectivity index is 2.33. The van der Waals surface area contributed by atoms with E-state index in [2.05, 4.69) is 6.92 Å². The first-order valence-corrected chi connectivity index (χ1v) is 7.46. The molecule has 1 saturated carbocycles. The van der Waals surface area contributed by atoms with Gasteiger partial charge in [-0.15, -0.1) is 0 Å². The zero-order valence-electron chi connectivity index (χ0n) is 12.2. The van der Waals surface area contributed by atoms with Crippen molar-refractivity contribution in [2.45, 2.75) is 45.1 Å². The molecule has 0 radical (unpaired) electrons. The molecule has 3 unspecified atom stereocenters. The number of aliphatic hydroxyl groups excluding tert-OH is 1. The Labute approximate surface area is 123 Å². The molecule has 3 atom stereocenters. The average molecular weight is 301 g/mol. The normalized spacial score (nSPS) is 27.6. The van der Waals surface area contributed by atoms with Gasteiger partial charge in [0.2, 0.25) is 0 Å². The lowest BCUT2D eigenvalue weighted by Gasteiger charge is -2.43. The van der Waals surface area contributed by atoms with Gasteiger partial charge in [0, 0.05) is 12.0 Å². The van der Waals surface area contributed by atoms with Crippen molar-refractivity contribution in [2.75, 3.05) is 6.54 Å². The largest absolute Gasteiger partial charge is 0.388 e. The van der Waals surface area contributed by atoms with E-state index < -0.39 is 29.0 Å². The third-order valence-corrected chi connectivity index (χ3v) is 4.87. The van der Waals surface area contributed by atoms with Crippen LogP contribution >= 0.6 is 0 Å². The molecule has 0 aromatic heterocycles. The van der Waals surface area contributed by atoms with Crippen molar-refractivity contribution >= 4 is 0 Å². The molecule has 0 heterocycles. The number of halogens is 3. The average Bonchev–Trinajstić information content (AvgIpc) is 2.51. The second kappa shape index (κ2) is 6.36. The molecule has 1 aromatic carbocycles. The molecular weight excluding hydrogens is 279 g/mol. The molecule has 1 aliphatic carbocycles. The van der Waals surface area contributed by atoms with Crippen LogP contribution in [0.5, 0.6) is 0 Å². The van der Waals surface area contributed by atoms with Gasteiger partial charge >= 0.3 is 0 Å². The monoisotopic (exact) mass is 301 g/mol. The quantitative estimate of drug-likeness (QED) is 0.833. The Hall–Kier alpha value is -1.07. The van der Waals surface area contributed by atoms with E-state index in [1.165, 1.54) is 0 Å². The van der Waals surface area contributed by atoms with Crippen molar-refractivity contribution < 1.29 is 18.3 Å². The maximum atomic E-state index is 13.4. The van der Waals surface area contributed by atoms with Crippen molar-refractivity contribution in [1.82, 2.24) is 0 Å². The summed E-state index contributed by atoms with van der Waals surface area (Å²) in [7, 11) is 0. The van der Waals surface area contributed by atoms with Crippen LogP contribution in [0.3, 0.4) is 0 Å². The fraction of sp³-hybridized carbons (Fsp3) is 0.625. The van der Waals surface area contributed by atoms with Gasteiger partial charge in [0.05, 0.1) is 6.10 Å². The molecule has 1 aliphatic rings. The Morgan fingerprint density at radius 3 is 2.48 bits per heavy atom. The highest BCUT2D eigenvalue weighted by Crippen LogP contribution is 2.48. The highest BCUT2D eigenvalue weighted by atomic mass is 19.2. The molecule has 5 heteroatoms. The van der Waals surface area contributed by atoms with Crippen LogP contribution in [0.1, 0.15) is 50.7 Å². The van der Waals surface area contributed by atoms with Crippen LogP contribution in [-0.4, -0.2) is 11.7 Å². The molecule has 118 valence electrons. The lowest BCUT2D eigenvalue weighted by Crippen LogP contribution is -2.41. The molecule has 0 spiro atoms. The van der Waals surface area contributed by atoms with Gasteiger partial charge in [-0.25, -0.2) is 13.2 Å². The topological polar surface area (TPSA) is 46.2 Å². The van der Waals surface area contributed by atoms with Crippen LogP contribution in [0, 0.1) is 28.8 Å². The van der Waals surface area contributed by atoms with Crippen LogP contribution in [-0.2, 0) is 0 Å². The summed E-state index contributed by atoms with van der Waals surface area (Å²) in [5, 5.41) is 10.6. The number of hydrogen-bond acceptors (Lipinski definition) is 2. The van der Waals surface area contributed by atoms with Crippen LogP contribution in [0.2, 0.25) is 0 Å². The molecular formula is C16H22F3NO. The van der Waals surface area contributed by atoms with Gasteiger partial charge < -0.3 is 10.8 Å². The zero-order chi connectivity index (χ0) is 15.6. The predicted octanol–water partition coefficient (Wildman–Crippen LogP) is 3.68. The van der Waals surface area contributed by atoms with Crippen molar-refractivity contribution in [2.24, 2.45) is 17.1 Å². The molecule has 0 aliphatic heterocycles. The molecule has 2 nitrogen and oxygen atoms in total. The SMILES string of the molecule is CCC1CCCC(CN)(C(O)c2cc(F)c(F)c(F)c2)C1. The second-order valence-corrected chi connectivity index (χ2v) is 6.14. The summed E-state index contributed by atoms with van der Waals surface area (Å²) in [6, 6.07) is 1.74. The van der Waals surface area contributed by atoms with Gasteiger partial charge in [0.25, 0.3) is 0 Å². The Morgan fingerprint density at radius 1 is 1.33 bits per heavy atom. The Morgan fingerprint density at radius 2 is 1.95 bits per heavy atom. The van der Waals surface area contributed by atoms with E-state index in [-0.39, 0.29) is 12.1 Å². The van der Waals surface area contributed by atoms with E-state index in [1.54, 1.807) is 0 Å². The molecule has 1 aromatic rings. The maximum absolute atomic E-state index is 13.4. The Bertz CT molecular complexity index is 485. The summed E-state index contributed by atoms with van der Waals surface area (Å²) in [6.07, 6.45) is 3.35. The molecule has 21 heavy (non-hydrogen) atoms. The van der Waals surface area contributed by atoms with Crippen LogP contribution in [0.25, 0.3) is 0 Å². The van der Waals surface area contributed by atoms with Crippen molar-refractivity contribution in [3.8, 4) is 0 Å². The van der Waals surface area contributed by atoms with Crippen molar-refractivity contribution in [1.29, 1.82) is 0 Å². The Kier molecular flexibility index (Phi) is 4.94. The summed E-state index contributed by atoms with van der Waals surface area (Å²) < 4.78 is 39.8. The van der Waals surface area contributed by atoms with Gasteiger partial charge in [-0.2, -0.15) is 0 Å². The molecule has 0 amide bonds. The van der Waals surface area contributed by atoms with E-state index in [4.69, 9.17) is 5.73 Å². The van der Waals surface area contributed by atoms with Crippen LogP contribution < -0.4 is 5.73 Å². The fourth-order valence-corrected chi connectivity index (χ4v) is 3.50. The van der Waals surface area contributed by atoms with E-state index in [0.29, 0.717) is 12.3 Å². The number of nitrogens with two attached hydrogens (primary N) is 1. The lowest BCUT2D eigenvalue weighted by molar-refractivity contribution is -0.0166. The van der Waals surface area contributed by atoms with E-state index >= 15 is 0 Å². The summed E-state index contributed by atoms with van der Waals surface area (Å²) >= 11 is 0. The van der Waals surface area contributed by atoms with Gasteiger partial charge in [-0.3, -0.25) is 0 Å². The summed E-state index contributed by atoms with van der Waals surface area (Å²) in [4.78, 5) is 0. The molecule has 0 saturated heterocycles. The summed E-state index contributed by atoms with van der Waals surface area (Å²) in [5.41, 5.74) is 5.35. The maximum Gasteiger partial charge on any atom is 0.194 e. The minimum Gasteiger partial charge on any atom is -0.388 e. The van der Waals surface area contributed by atoms with Gasteiger partial charge in [0.15, 0.2) is 17.5 Å². The molecule has 0 bridgehead atoms. The molecule has 3 N–H and O–H groups in total. The highest BCUT2D eigenvalue weighted by Gasteiger charge is 2.41. The van der Waals surface area contributed by atoms with E-state index in [9.17, 15) is 18.3 Å². The standard InChI is InChI=1S/C16H22F3NO/c1-2-10-4-3-5-16(8-10,9-20)15(21)11-6-12(17)14(19)13(18)7-11/h6-7,10,15,21H,2-5,8-9,20H2,1H3. The number of rotatable bonds is 4. The van der Waals surface area contributed by atoms with Gasteiger partial charge in [-0.1, -0.05) is 26.2 Å². The third kappa shape index (κ3) is 3.09. The highest BCUT2D eigenvalue weighted by molar-refractivity contribution is 5.24. The van der Waals surface area contributed by atoms with Gasteiger partial charge in [-0.05, 0) is 36.5 Å². The summed E-state index contributed by atoms with van der Waals surface area (Å²) in [6.45, 7) is 2.33. The fourth-order valence-electron chi connectivity index (χ4n) is 3.50.